The van der Waals surface area contributed by atoms with Gasteiger partial charge in [-0.05, 0) is 31.3 Å². The van der Waals surface area contributed by atoms with Crippen molar-refractivity contribution in [2.24, 2.45) is 0 Å². The second kappa shape index (κ2) is 6.96. The molecule has 0 amide bonds. The standard InChI is InChI=1S/C7H9ClNO2PS.K/c1-9-12(10,13)11-7-4-2-6(8)3-5-7;/h2-5H,1H3,(H2,9,10,13);/q;+1/p-1. The molecule has 0 fully saturated rings. The molecule has 0 aliphatic carbocycles. The van der Waals surface area contributed by atoms with E-state index in [1.165, 1.54) is 7.05 Å². The number of rotatable bonds is 3. The van der Waals surface area contributed by atoms with Gasteiger partial charge in [0.15, 0.2) is 0 Å². The monoisotopic (exact) mass is 275 g/mol. The maximum Gasteiger partial charge on any atom is 1.00 e. The Morgan fingerprint density at radius 2 is 1.93 bits per heavy atom. The Labute approximate surface area is 136 Å². The van der Waals surface area contributed by atoms with Crippen molar-refractivity contribution in [1.29, 1.82) is 0 Å². The minimum atomic E-state index is -3.12. The van der Waals surface area contributed by atoms with Gasteiger partial charge in [0.05, 0.1) is 0 Å². The normalized spacial score (nSPS) is 13.9. The molecule has 1 unspecified atom stereocenters. The van der Waals surface area contributed by atoms with Crippen LogP contribution in [0.1, 0.15) is 0 Å². The summed E-state index contributed by atoms with van der Waals surface area (Å²) in [5, 5.41) is 3.01. The van der Waals surface area contributed by atoms with E-state index in [-0.39, 0.29) is 51.4 Å². The molecule has 0 bridgehead atoms. The first-order chi connectivity index (χ1) is 6.03. The van der Waals surface area contributed by atoms with Crippen molar-refractivity contribution < 1.29 is 60.8 Å². The smallest absolute Gasteiger partial charge is 0.780 e. The third-order valence-electron chi connectivity index (χ3n) is 1.31. The summed E-state index contributed by atoms with van der Waals surface area (Å²) in [4.78, 5) is 11.3. The van der Waals surface area contributed by atoms with Crippen molar-refractivity contribution >= 4 is 30.1 Å². The summed E-state index contributed by atoms with van der Waals surface area (Å²) >= 11 is 10.3. The molecule has 0 saturated carbocycles. The Balaban J connectivity index is 0.00000169. The van der Waals surface area contributed by atoms with Gasteiger partial charge in [0.2, 0.25) is 0 Å². The molecule has 14 heavy (non-hydrogen) atoms. The van der Waals surface area contributed by atoms with E-state index in [4.69, 9.17) is 16.1 Å². The van der Waals surface area contributed by atoms with Crippen LogP contribution in [0.25, 0.3) is 0 Å². The van der Waals surface area contributed by atoms with E-state index in [1.807, 2.05) is 0 Å². The molecule has 0 spiro atoms. The third kappa shape index (κ3) is 5.56. The quantitative estimate of drug-likeness (QED) is 0.540. The molecule has 0 aliphatic heterocycles. The molecule has 1 aromatic rings. The molecule has 7 heteroatoms. The molecule has 0 radical (unpaired) electrons. The van der Waals surface area contributed by atoms with Crippen LogP contribution in [0.4, 0.5) is 0 Å². The molecule has 1 aromatic carbocycles. The Kier molecular flexibility index (Phi) is 7.72. The molecule has 0 aliphatic rings. The van der Waals surface area contributed by atoms with E-state index < -0.39 is 6.64 Å². The molecule has 0 saturated heterocycles. The Hall–Kier alpha value is 1.52. The van der Waals surface area contributed by atoms with Crippen LogP contribution >= 0.6 is 18.2 Å². The van der Waals surface area contributed by atoms with Crippen LogP contribution in [0.15, 0.2) is 24.3 Å². The summed E-state index contributed by atoms with van der Waals surface area (Å²) in [6, 6.07) is 6.50. The number of hydrogen-bond donors (Lipinski definition) is 1. The van der Waals surface area contributed by atoms with Crippen LogP contribution in [0.2, 0.25) is 5.02 Å². The van der Waals surface area contributed by atoms with Gasteiger partial charge >= 0.3 is 51.4 Å². The van der Waals surface area contributed by atoms with Gasteiger partial charge in [0.1, 0.15) is 12.4 Å². The van der Waals surface area contributed by atoms with Gasteiger partial charge in [-0.1, -0.05) is 23.4 Å². The summed E-state index contributed by atoms with van der Waals surface area (Å²) in [7, 11) is 1.49. The molecule has 72 valence electrons. The van der Waals surface area contributed by atoms with Crippen molar-refractivity contribution in [1.82, 2.24) is 5.09 Å². The van der Waals surface area contributed by atoms with E-state index in [2.05, 4.69) is 16.9 Å². The van der Waals surface area contributed by atoms with Gasteiger partial charge in [-0.25, -0.2) is 0 Å². The van der Waals surface area contributed by atoms with Crippen LogP contribution < -0.4 is 65.9 Å². The number of hydrogen-bond acceptors (Lipinski definition) is 3. The van der Waals surface area contributed by atoms with Crippen LogP contribution in [0.5, 0.6) is 5.75 Å². The number of benzene rings is 1. The van der Waals surface area contributed by atoms with Gasteiger partial charge in [-0.3, -0.25) is 5.09 Å². The average Bonchev–Trinajstić information content (AvgIpc) is 2.09. The van der Waals surface area contributed by atoms with Crippen molar-refractivity contribution in [3.63, 3.8) is 0 Å². The van der Waals surface area contributed by atoms with Crippen molar-refractivity contribution in [2.45, 2.75) is 0 Å². The molecule has 0 aromatic heterocycles. The Morgan fingerprint density at radius 1 is 1.43 bits per heavy atom. The SMILES string of the molecule is CNP([O-])(=S)Oc1ccc(Cl)cc1.[K+]. The number of halogens is 1. The average molecular weight is 276 g/mol. The van der Waals surface area contributed by atoms with E-state index in [0.717, 1.165) is 0 Å². The Bertz CT molecular complexity index is 335. The van der Waals surface area contributed by atoms with Gasteiger partial charge in [-0.15, -0.1) is 0 Å². The van der Waals surface area contributed by atoms with Gasteiger partial charge in [-0.2, -0.15) is 0 Å². The zero-order valence-corrected chi connectivity index (χ0v) is 13.4. The maximum atomic E-state index is 11.3. The summed E-state index contributed by atoms with van der Waals surface area (Å²) in [5.41, 5.74) is 0. The second-order valence-corrected chi connectivity index (χ2v) is 5.77. The molecule has 1 atom stereocenters. The Morgan fingerprint density at radius 3 is 2.36 bits per heavy atom. The minimum Gasteiger partial charge on any atom is -0.780 e. The van der Waals surface area contributed by atoms with Crippen molar-refractivity contribution in [3.8, 4) is 5.75 Å². The fourth-order valence-electron chi connectivity index (χ4n) is 0.680. The molecule has 3 nitrogen and oxygen atoms in total. The van der Waals surface area contributed by atoms with Crippen LogP contribution in [0.3, 0.4) is 0 Å². The third-order valence-corrected chi connectivity index (χ3v) is 3.34. The molecular weight excluding hydrogens is 268 g/mol. The largest absolute Gasteiger partial charge is 1.00 e. The predicted octanol–water partition coefficient (Wildman–Crippen LogP) is -1.47. The topological polar surface area (TPSA) is 44.3 Å². The first-order valence-corrected chi connectivity index (χ1v) is 6.50. The minimum absolute atomic E-state index is 0. The summed E-state index contributed by atoms with van der Waals surface area (Å²) in [5.74, 6) is 0.442. The molecule has 1 N–H and O–H groups in total. The van der Waals surface area contributed by atoms with Crippen LogP contribution in [-0.4, -0.2) is 7.05 Å². The summed E-state index contributed by atoms with van der Waals surface area (Å²) in [6.45, 7) is -3.12. The zero-order chi connectivity index (χ0) is 9.90. The van der Waals surface area contributed by atoms with E-state index >= 15 is 0 Å². The molecule has 1 rings (SSSR count). The number of nitrogens with one attached hydrogen (secondary N) is 1. The molecule has 0 heterocycles. The first kappa shape index (κ1) is 15.5. The summed E-state index contributed by atoms with van der Waals surface area (Å²) < 4.78 is 5.01. The fourth-order valence-corrected chi connectivity index (χ4v) is 1.55. The van der Waals surface area contributed by atoms with E-state index in [1.54, 1.807) is 24.3 Å². The van der Waals surface area contributed by atoms with E-state index in [9.17, 15) is 4.89 Å². The summed E-state index contributed by atoms with van der Waals surface area (Å²) in [6.07, 6.45) is 0. The second-order valence-electron chi connectivity index (χ2n) is 2.27. The zero-order valence-electron chi connectivity index (χ0n) is 7.86. The van der Waals surface area contributed by atoms with E-state index in [0.29, 0.717) is 10.8 Å². The molecular formula is C7H8ClKNO2PS. The van der Waals surface area contributed by atoms with Crippen molar-refractivity contribution in [2.75, 3.05) is 7.05 Å². The van der Waals surface area contributed by atoms with Gasteiger partial charge < -0.3 is 9.42 Å². The van der Waals surface area contributed by atoms with Crippen molar-refractivity contribution in [3.05, 3.63) is 29.3 Å². The first-order valence-electron chi connectivity index (χ1n) is 3.49. The predicted molar refractivity (Wildman–Crippen MR) is 55.4 cm³/mol. The fraction of sp³-hybridized carbons (Fsp3) is 0.143. The van der Waals surface area contributed by atoms with Crippen LogP contribution in [0, 0.1) is 0 Å². The van der Waals surface area contributed by atoms with Gasteiger partial charge in [0, 0.05) is 5.02 Å². The van der Waals surface area contributed by atoms with Gasteiger partial charge in [0.25, 0.3) is 0 Å². The van der Waals surface area contributed by atoms with Crippen LogP contribution in [-0.2, 0) is 11.8 Å². The maximum absolute atomic E-state index is 11.3.